The zero-order valence-corrected chi connectivity index (χ0v) is 25.4. The standard InChI is InChI=1S/C32H37ClN6O5/c1-3-15-34-19-30(40)39-27(17-22-9-12-25(37-43)13-10-22)31(41)38(20-24-11-14-28(44-2)26(33)16-24)21-29(39)36-32(42)35-18-23-7-5-4-6-8-23/h3-5,7,9-14,16,27,29,34H,1,6,8,15,17-21H2,2H3,(H2,35,36,42)/t27-,29?/m0/s1. The molecule has 1 saturated heterocycles. The SMILES string of the molecule is C=CCNCC(=O)N1C(NC(=O)NCC2=CC=CCC2)CN(Cc2ccc(OC)c(Cl)c2)C(=O)[C@@H]1Cc1ccc(N=O)cc1. The molecule has 2 aromatic rings. The Labute approximate surface area is 261 Å². The maximum Gasteiger partial charge on any atom is 0.316 e. The lowest BCUT2D eigenvalue weighted by Crippen LogP contribution is -2.69. The highest BCUT2D eigenvalue weighted by molar-refractivity contribution is 6.32. The summed E-state index contributed by atoms with van der Waals surface area (Å²) in [6, 6.07) is 10.4. The molecule has 4 amide bonds. The van der Waals surface area contributed by atoms with Crippen LogP contribution in [0.2, 0.25) is 5.02 Å². The van der Waals surface area contributed by atoms with Crippen molar-refractivity contribution in [1.82, 2.24) is 25.8 Å². The van der Waals surface area contributed by atoms with Crippen LogP contribution in [0.5, 0.6) is 5.75 Å². The van der Waals surface area contributed by atoms with Gasteiger partial charge >= 0.3 is 6.03 Å². The van der Waals surface area contributed by atoms with Crippen LogP contribution < -0.4 is 20.7 Å². The first-order valence-electron chi connectivity index (χ1n) is 14.4. The van der Waals surface area contributed by atoms with Crippen molar-refractivity contribution in [2.75, 3.05) is 33.3 Å². The van der Waals surface area contributed by atoms with E-state index in [1.165, 1.54) is 12.0 Å². The Hall–Kier alpha value is -4.48. The molecule has 3 N–H and O–H groups in total. The average molecular weight is 621 g/mol. The van der Waals surface area contributed by atoms with Gasteiger partial charge in [0.05, 0.1) is 25.2 Å². The van der Waals surface area contributed by atoms with E-state index in [2.05, 4.69) is 33.8 Å². The van der Waals surface area contributed by atoms with E-state index < -0.39 is 18.2 Å². The van der Waals surface area contributed by atoms with Gasteiger partial charge in [-0.25, -0.2) is 4.79 Å². The number of halogens is 1. The fraction of sp³-hybridized carbons (Fsp3) is 0.344. The molecule has 2 aliphatic rings. The molecule has 11 nitrogen and oxygen atoms in total. The van der Waals surface area contributed by atoms with Crippen molar-refractivity contribution in [2.45, 2.75) is 38.0 Å². The van der Waals surface area contributed by atoms with Crippen LogP contribution in [0.15, 0.2) is 84.1 Å². The summed E-state index contributed by atoms with van der Waals surface area (Å²) in [5.74, 6) is -0.131. The van der Waals surface area contributed by atoms with Crippen LogP contribution >= 0.6 is 11.6 Å². The van der Waals surface area contributed by atoms with E-state index in [4.69, 9.17) is 16.3 Å². The molecule has 2 atom stereocenters. The van der Waals surface area contributed by atoms with Crippen LogP contribution in [0.25, 0.3) is 0 Å². The van der Waals surface area contributed by atoms with E-state index in [0.717, 1.165) is 29.5 Å². The molecule has 0 aromatic heterocycles. The van der Waals surface area contributed by atoms with E-state index in [-0.39, 0.29) is 43.6 Å². The molecular weight excluding hydrogens is 584 g/mol. The Morgan fingerprint density at radius 2 is 1.95 bits per heavy atom. The fourth-order valence-electron chi connectivity index (χ4n) is 5.24. The Balaban J connectivity index is 1.64. The highest BCUT2D eigenvalue weighted by Crippen LogP contribution is 2.28. The van der Waals surface area contributed by atoms with Gasteiger partial charge in [-0.2, -0.15) is 0 Å². The Morgan fingerprint density at radius 1 is 1.18 bits per heavy atom. The van der Waals surface area contributed by atoms with Crippen molar-refractivity contribution in [3.8, 4) is 5.75 Å². The minimum Gasteiger partial charge on any atom is -0.495 e. The molecule has 12 heteroatoms. The molecule has 0 saturated carbocycles. The van der Waals surface area contributed by atoms with E-state index in [9.17, 15) is 19.3 Å². The minimum atomic E-state index is -0.943. The molecule has 1 unspecified atom stereocenters. The van der Waals surface area contributed by atoms with Crippen LogP contribution in [0.3, 0.4) is 0 Å². The zero-order chi connectivity index (χ0) is 31.5. The summed E-state index contributed by atoms with van der Waals surface area (Å²) in [5.41, 5.74) is 2.83. The van der Waals surface area contributed by atoms with E-state index in [0.29, 0.717) is 23.9 Å². The lowest BCUT2D eigenvalue weighted by atomic mass is 9.99. The first-order valence-corrected chi connectivity index (χ1v) is 14.8. The maximum atomic E-state index is 14.1. The number of amides is 4. The quantitative estimate of drug-likeness (QED) is 0.175. The number of piperazine rings is 1. The number of allylic oxidation sites excluding steroid dienone is 3. The molecule has 4 rings (SSSR count). The molecule has 0 radical (unpaired) electrons. The summed E-state index contributed by atoms with van der Waals surface area (Å²) in [4.78, 5) is 55.0. The summed E-state index contributed by atoms with van der Waals surface area (Å²) < 4.78 is 5.26. The Morgan fingerprint density at radius 3 is 2.61 bits per heavy atom. The van der Waals surface area contributed by atoms with Crippen molar-refractivity contribution in [2.24, 2.45) is 5.18 Å². The number of methoxy groups -OCH3 is 1. The molecule has 232 valence electrons. The first kappa shape index (κ1) is 32.4. The van der Waals surface area contributed by atoms with Gasteiger partial charge < -0.3 is 30.5 Å². The number of nitrogens with zero attached hydrogens (tertiary/aromatic N) is 3. The van der Waals surface area contributed by atoms with Crippen molar-refractivity contribution in [3.05, 3.63) is 100.0 Å². The van der Waals surface area contributed by atoms with Crippen LogP contribution in [0.1, 0.15) is 24.0 Å². The molecule has 0 bridgehead atoms. The molecular formula is C32H37ClN6O5. The van der Waals surface area contributed by atoms with Gasteiger partial charge in [-0.15, -0.1) is 11.5 Å². The van der Waals surface area contributed by atoms with Gasteiger partial charge in [0.2, 0.25) is 11.8 Å². The number of nitroso groups, excluding NO2 is 1. The van der Waals surface area contributed by atoms with Crippen molar-refractivity contribution in [1.29, 1.82) is 0 Å². The second-order valence-electron chi connectivity index (χ2n) is 10.5. The van der Waals surface area contributed by atoms with Crippen LogP contribution in [-0.4, -0.2) is 73.1 Å². The van der Waals surface area contributed by atoms with Gasteiger partial charge in [-0.05, 0) is 53.4 Å². The van der Waals surface area contributed by atoms with Gasteiger partial charge in [0, 0.05) is 26.1 Å². The number of hydrogen-bond acceptors (Lipinski definition) is 7. The second-order valence-corrected chi connectivity index (χ2v) is 10.9. The molecule has 44 heavy (non-hydrogen) atoms. The number of benzene rings is 2. The number of carbonyl (C=O) groups excluding carboxylic acids is 3. The normalized spacial score (nSPS) is 18.0. The highest BCUT2D eigenvalue weighted by atomic mass is 35.5. The third kappa shape index (κ3) is 8.55. The lowest BCUT2D eigenvalue weighted by molar-refractivity contribution is -0.157. The molecule has 2 aromatic carbocycles. The molecule has 1 fully saturated rings. The summed E-state index contributed by atoms with van der Waals surface area (Å²) in [5, 5.41) is 12.2. The van der Waals surface area contributed by atoms with E-state index in [1.807, 2.05) is 18.2 Å². The molecule has 0 spiro atoms. The minimum absolute atomic E-state index is 0.0546. The van der Waals surface area contributed by atoms with Crippen molar-refractivity contribution in [3.63, 3.8) is 0 Å². The Kier molecular flexibility index (Phi) is 11.7. The third-order valence-corrected chi connectivity index (χ3v) is 7.74. The predicted octanol–water partition coefficient (Wildman–Crippen LogP) is 4.21. The zero-order valence-electron chi connectivity index (χ0n) is 24.6. The summed E-state index contributed by atoms with van der Waals surface area (Å²) >= 11 is 6.37. The third-order valence-electron chi connectivity index (χ3n) is 7.45. The molecule has 1 aliphatic heterocycles. The highest BCUT2D eigenvalue weighted by Gasteiger charge is 2.43. The topological polar surface area (TPSA) is 132 Å². The number of ether oxygens (including phenoxy) is 1. The smallest absolute Gasteiger partial charge is 0.316 e. The van der Waals surface area contributed by atoms with Gasteiger partial charge in [-0.3, -0.25) is 9.59 Å². The lowest BCUT2D eigenvalue weighted by Gasteiger charge is -2.46. The van der Waals surface area contributed by atoms with Crippen molar-refractivity contribution < 1.29 is 19.1 Å². The number of urea groups is 1. The van der Waals surface area contributed by atoms with Crippen molar-refractivity contribution >= 4 is 35.1 Å². The summed E-state index contributed by atoms with van der Waals surface area (Å²) in [6.45, 7) is 4.63. The average Bonchev–Trinajstić information content (AvgIpc) is 3.03. The number of hydrogen-bond donors (Lipinski definition) is 3. The largest absolute Gasteiger partial charge is 0.495 e. The summed E-state index contributed by atoms with van der Waals surface area (Å²) in [6.07, 6.45) is 8.74. The van der Waals surface area contributed by atoms with Crippen LogP contribution in [-0.2, 0) is 22.6 Å². The number of rotatable bonds is 13. The number of carbonyl (C=O) groups is 3. The van der Waals surface area contributed by atoms with Gasteiger partial charge in [-0.1, -0.05) is 59.7 Å². The van der Waals surface area contributed by atoms with Gasteiger partial charge in [0.15, 0.2) is 0 Å². The monoisotopic (exact) mass is 620 g/mol. The van der Waals surface area contributed by atoms with Gasteiger partial charge in [0.25, 0.3) is 0 Å². The van der Waals surface area contributed by atoms with Crippen LogP contribution in [0, 0.1) is 4.91 Å². The second kappa shape index (κ2) is 15.8. The number of nitrogens with one attached hydrogen (secondary N) is 3. The summed E-state index contributed by atoms with van der Waals surface area (Å²) in [7, 11) is 1.52. The van der Waals surface area contributed by atoms with E-state index >= 15 is 0 Å². The molecule has 1 heterocycles. The van der Waals surface area contributed by atoms with Crippen LogP contribution in [0.4, 0.5) is 10.5 Å². The van der Waals surface area contributed by atoms with E-state index in [1.54, 1.807) is 47.4 Å². The molecule has 1 aliphatic carbocycles. The predicted molar refractivity (Wildman–Crippen MR) is 170 cm³/mol. The van der Waals surface area contributed by atoms with Gasteiger partial charge in [0.1, 0.15) is 23.6 Å². The first-order chi connectivity index (χ1) is 21.3. The Bertz CT molecular complexity index is 1430. The fourth-order valence-corrected chi connectivity index (χ4v) is 5.52. The maximum absolute atomic E-state index is 14.1.